The van der Waals surface area contributed by atoms with E-state index in [1.165, 1.54) is 0 Å². The lowest BCUT2D eigenvalue weighted by atomic mass is 10.2. The molecule has 0 unspecified atom stereocenters. The molecule has 0 aliphatic carbocycles. The van der Waals surface area contributed by atoms with E-state index in [4.69, 9.17) is 9.47 Å². The lowest BCUT2D eigenvalue weighted by Gasteiger charge is -2.17. The summed E-state index contributed by atoms with van der Waals surface area (Å²) in [6, 6.07) is 3.77. The van der Waals surface area contributed by atoms with Crippen molar-refractivity contribution in [2.24, 2.45) is 7.05 Å². The number of aryl methyl sites for hydroxylation is 1. The number of amides is 1. The Balaban J connectivity index is 1.61. The smallest absolute Gasteiger partial charge is 0.355 e. The summed E-state index contributed by atoms with van der Waals surface area (Å²) in [5.74, 6) is -0.739. The third-order valence-corrected chi connectivity index (χ3v) is 5.17. The fraction of sp³-hybridized carbons (Fsp3) is 0.529. The van der Waals surface area contributed by atoms with Crippen LogP contribution < -0.4 is 5.32 Å². The summed E-state index contributed by atoms with van der Waals surface area (Å²) < 4.78 is 13.7. The van der Waals surface area contributed by atoms with Crippen LogP contribution in [0.5, 0.6) is 0 Å². The second kappa shape index (κ2) is 7.36. The number of aromatic nitrogens is 1. The highest BCUT2D eigenvalue weighted by atomic mass is 32.1. The lowest BCUT2D eigenvalue weighted by molar-refractivity contribution is -0.130. The van der Waals surface area contributed by atoms with Crippen LogP contribution in [0.4, 0.5) is 0 Å². The molecule has 3 rings (SSSR count). The zero-order valence-corrected chi connectivity index (χ0v) is 14.7. The third kappa shape index (κ3) is 3.47. The van der Waals surface area contributed by atoms with Gasteiger partial charge in [-0.15, -0.1) is 11.3 Å². The van der Waals surface area contributed by atoms with Gasteiger partial charge in [0.25, 0.3) is 5.91 Å². The molecule has 2 aromatic rings. The Morgan fingerprint density at radius 3 is 3.04 bits per heavy atom. The van der Waals surface area contributed by atoms with Gasteiger partial charge in [0, 0.05) is 20.2 Å². The minimum atomic E-state index is -0.785. The highest BCUT2D eigenvalue weighted by Gasteiger charge is 2.25. The number of hydrogen-bond acceptors (Lipinski definition) is 5. The van der Waals surface area contributed by atoms with Crippen molar-refractivity contribution >= 4 is 33.4 Å². The van der Waals surface area contributed by atoms with E-state index < -0.39 is 12.1 Å². The Kier molecular flexibility index (Phi) is 5.20. The van der Waals surface area contributed by atoms with Gasteiger partial charge in [-0.2, -0.15) is 0 Å². The van der Waals surface area contributed by atoms with Gasteiger partial charge >= 0.3 is 5.97 Å². The maximum Gasteiger partial charge on any atom is 0.355 e. The van der Waals surface area contributed by atoms with Gasteiger partial charge in [-0.3, -0.25) is 4.79 Å². The van der Waals surface area contributed by atoms with Gasteiger partial charge in [0.1, 0.15) is 5.69 Å². The number of fused-ring (bicyclic) bond motifs is 1. The maximum absolute atomic E-state index is 12.4. The van der Waals surface area contributed by atoms with Gasteiger partial charge < -0.3 is 19.4 Å². The Hall–Kier alpha value is -1.86. The fourth-order valence-corrected chi connectivity index (χ4v) is 3.74. The van der Waals surface area contributed by atoms with Crippen molar-refractivity contribution in [3.05, 3.63) is 23.2 Å². The first-order chi connectivity index (χ1) is 11.6. The topological polar surface area (TPSA) is 69.6 Å². The Morgan fingerprint density at radius 1 is 1.54 bits per heavy atom. The molecule has 1 saturated heterocycles. The summed E-state index contributed by atoms with van der Waals surface area (Å²) in [6.45, 7) is 3.04. The zero-order chi connectivity index (χ0) is 17.1. The van der Waals surface area contributed by atoms with Gasteiger partial charge in [-0.05, 0) is 36.8 Å². The predicted octanol–water partition coefficient (Wildman–Crippen LogP) is 2.47. The van der Waals surface area contributed by atoms with Crippen LogP contribution in [-0.4, -0.2) is 41.8 Å². The number of rotatable bonds is 6. The van der Waals surface area contributed by atoms with Crippen LogP contribution in [0, 0.1) is 0 Å². The number of esters is 1. The summed E-state index contributed by atoms with van der Waals surface area (Å²) in [7, 11) is 1.82. The van der Waals surface area contributed by atoms with Crippen LogP contribution in [0.1, 0.15) is 36.7 Å². The molecule has 0 radical (unpaired) electrons. The molecule has 1 fully saturated rings. The number of carbonyl (C=O) groups is 2. The third-order valence-electron chi connectivity index (χ3n) is 4.31. The largest absolute Gasteiger partial charge is 0.448 e. The van der Waals surface area contributed by atoms with Gasteiger partial charge in [0.05, 0.1) is 16.3 Å². The highest BCUT2D eigenvalue weighted by Crippen LogP contribution is 2.24. The standard InChI is InChI=1S/C17H22N2O4S/c1-3-14(16(20)18-10-11-5-4-7-22-11)23-17(21)13-9-15-12(19(13)2)6-8-24-15/h6,8-9,11,14H,3-5,7,10H2,1-2H3,(H,18,20)/t11-,14-/m0/s1. The van der Waals surface area contributed by atoms with Crippen LogP contribution in [0.15, 0.2) is 17.5 Å². The second-order valence-electron chi connectivity index (χ2n) is 5.94. The predicted molar refractivity (Wildman–Crippen MR) is 92.3 cm³/mol. The average molecular weight is 350 g/mol. The molecule has 1 aliphatic heterocycles. The molecule has 7 heteroatoms. The van der Waals surface area contributed by atoms with E-state index in [1.54, 1.807) is 22.0 Å². The number of carbonyl (C=O) groups excluding carboxylic acids is 2. The molecule has 1 N–H and O–H groups in total. The first kappa shape index (κ1) is 17.0. The summed E-state index contributed by atoms with van der Waals surface area (Å²) in [5, 5.41) is 4.80. The molecular formula is C17H22N2O4S. The molecule has 24 heavy (non-hydrogen) atoms. The molecular weight excluding hydrogens is 328 g/mol. The van der Waals surface area contributed by atoms with E-state index in [0.717, 1.165) is 29.7 Å². The van der Waals surface area contributed by atoms with Crippen molar-refractivity contribution in [3.63, 3.8) is 0 Å². The molecule has 1 aliphatic rings. The molecule has 0 saturated carbocycles. The fourth-order valence-electron chi connectivity index (χ4n) is 2.89. The highest BCUT2D eigenvalue weighted by molar-refractivity contribution is 7.17. The van der Waals surface area contributed by atoms with Gasteiger partial charge in [0.15, 0.2) is 6.10 Å². The molecule has 2 aromatic heterocycles. The quantitative estimate of drug-likeness (QED) is 0.813. The number of nitrogens with zero attached hydrogens (tertiary/aromatic N) is 1. The minimum Gasteiger partial charge on any atom is -0.448 e. The van der Waals surface area contributed by atoms with Crippen LogP contribution in [0.25, 0.3) is 10.2 Å². The number of thiophene rings is 1. The maximum atomic E-state index is 12.4. The molecule has 2 atom stereocenters. The van der Waals surface area contributed by atoms with Gasteiger partial charge in [-0.25, -0.2) is 4.79 Å². The lowest BCUT2D eigenvalue weighted by Crippen LogP contribution is -2.41. The van der Waals surface area contributed by atoms with Gasteiger partial charge in [0.2, 0.25) is 0 Å². The Morgan fingerprint density at radius 2 is 2.38 bits per heavy atom. The number of nitrogens with one attached hydrogen (secondary N) is 1. The first-order valence-electron chi connectivity index (χ1n) is 8.23. The summed E-state index contributed by atoms with van der Waals surface area (Å²) in [4.78, 5) is 24.7. The minimum absolute atomic E-state index is 0.0711. The van der Waals surface area contributed by atoms with Crippen molar-refractivity contribution in [2.45, 2.75) is 38.4 Å². The Bertz CT molecular complexity index is 730. The van der Waals surface area contributed by atoms with E-state index in [2.05, 4.69) is 5.32 Å². The summed E-state index contributed by atoms with van der Waals surface area (Å²) >= 11 is 1.57. The molecule has 0 spiro atoms. The normalized spacial score (nSPS) is 18.7. The summed E-state index contributed by atoms with van der Waals surface area (Å²) in [6.07, 6.45) is 1.70. The van der Waals surface area contributed by atoms with Crippen molar-refractivity contribution in [2.75, 3.05) is 13.2 Å². The van der Waals surface area contributed by atoms with E-state index in [1.807, 2.05) is 25.4 Å². The van der Waals surface area contributed by atoms with Gasteiger partial charge in [-0.1, -0.05) is 6.92 Å². The monoisotopic (exact) mass is 350 g/mol. The van der Waals surface area contributed by atoms with E-state index in [0.29, 0.717) is 18.7 Å². The van der Waals surface area contributed by atoms with E-state index >= 15 is 0 Å². The van der Waals surface area contributed by atoms with Crippen molar-refractivity contribution in [3.8, 4) is 0 Å². The van der Waals surface area contributed by atoms with Crippen LogP contribution in [0.3, 0.4) is 0 Å². The first-order valence-corrected chi connectivity index (χ1v) is 9.11. The summed E-state index contributed by atoms with van der Waals surface area (Å²) in [5.41, 5.74) is 1.45. The van der Waals surface area contributed by atoms with Crippen molar-refractivity contribution in [1.82, 2.24) is 9.88 Å². The SMILES string of the molecule is CC[C@H](OC(=O)c1cc2sccc2n1C)C(=O)NC[C@@H]1CCCO1. The van der Waals surface area contributed by atoms with Crippen LogP contribution in [-0.2, 0) is 21.3 Å². The molecule has 6 nitrogen and oxygen atoms in total. The molecule has 130 valence electrons. The average Bonchev–Trinajstić information content (AvgIpc) is 3.29. The van der Waals surface area contributed by atoms with Crippen molar-refractivity contribution < 1.29 is 19.1 Å². The van der Waals surface area contributed by atoms with Crippen LogP contribution in [0.2, 0.25) is 0 Å². The second-order valence-corrected chi connectivity index (χ2v) is 6.89. The molecule has 0 bridgehead atoms. The van der Waals surface area contributed by atoms with Crippen LogP contribution >= 0.6 is 11.3 Å². The molecule has 3 heterocycles. The van der Waals surface area contributed by atoms with E-state index in [-0.39, 0.29) is 12.0 Å². The molecule has 1 amide bonds. The Labute approximate surface area is 144 Å². The number of ether oxygens (including phenoxy) is 2. The van der Waals surface area contributed by atoms with E-state index in [9.17, 15) is 9.59 Å². The molecule has 0 aromatic carbocycles. The zero-order valence-electron chi connectivity index (χ0n) is 13.9. The number of hydrogen-bond donors (Lipinski definition) is 1. The van der Waals surface area contributed by atoms with Crippen molar-refractivity contribution in [1.29, 1.82) is 0 Å².